The molecular weight excluding hydrogens is 344 g/mol. The van der Waals surface area contributed by atoms with Gasteiger partial charge in [-0.25, -0.2) is 0 Å². The molecule has 2 aromatic carbocycles. The maximum Gasteiger partial charge on any atom is 0.0332 e. The van der Waals surface area contributed by atoms with E-state index >= 15 is 0 Å². The topological polar surface area (TPSA) is 15.3 Å². The molecule has 2 rings (SSSR count). The fourth-order valence-electron chi connectivity index (χ4n) is 1.96. The second kappa shape index (κ2) is 15.3. The first kappa shape index (κ1) is 24.1. The highest BCUT2D eigenvalue weighted by atomic mass is 32.2. The van der Waals surface area contributed by atoms with Crippen molar-refractivity contribution in [1.29, 1.82) is 0 Å². The summed E-state index contributed by atoms with van der Waals surface area (Å²) >= 11 is 3.55. The second-order valence-electron chi connectivity index (χ2n) is 5.56. The van der Waals surface area contributed by atoms with Gasteiger partial charge in [0.1, 0.15) is 0 Å². The van der Waals surface area contributed by atoms with Crippen LogP contribution in [0.15, 0.2) is 48.5 Å². The van der Waals surface area contributed by atoms with E-state index < -0.39 is 0 Å². The molecule has 0 spiro atoms. The van der Waals surface area contributed by atoms with Crippen molar-refractivity contribution in [2.45, 2.75) is 39.2 Å². The van der Waals surface area contributed by atoms with E-state index in [-0.39, 0.29) is 0 Å². The SMILES string of the molecule is CC.CNSCc1cccc(C)c1.Cc1cccc(CSN(C)C)c1. The third-order valence-electron chi connectivity index (χ3n) is 3.04. The Morgan fingerprint density at radius 3 is 1.72 bits per heavy atom. The molecule has 2 nitrogen and oxygen atoms in total. The van der Waals surface area contributed by atoms with E-state index in [2.05, 4.69) is 85.5 Å². The maximum atomic E-state index is 3.05. The van der Waals surface area contributed by atoms with E-state index in [1.807, 2.05) is 32.8 Å². The average Bonchev–Trinajstić information content (AvgIpc) is 2.61. The van der Waals surface area contributed by atoms with Crippen LogP contribution in [0.3, 0.4) is 0 Å². The summed E-state index contributed by atoms with van der Waals surface area (Å²) < 4.78 is 5.18. The molecule has 2 aromatic rings. The zero-order valence-electron chi connectivity index (χ0n) is 16.8. The predicted molar refractivity (Wildman–Crippen MR) is 119 cm³/mol. The zero-order valence-corrected chi connectivity index (χ0v) is 18.4. The van der Waals surface area contributed by atoms with Crippen molar-refractivity contribution in [2.75, 3.05) is 21.1 Å². The van der Waals surface area contributed by atoms with Gasteiger partial charge in [-0.3, -0.25) is 9.03 Å². The molecule has 0 bridgehead atoms. The summed E-state index contributed by atoms with van der Waals surface area (Å²) in [5.41, 5.74) is 5.45. The van der Waals surface area contributed by atoms with Gasteiger partial charge in [0.15, 0.2) is 0 Å². The molecule has 0 saturated carbocycles. The number of rotatable bonds is 6. The minimum Gasteiger partial charge on any atom is -0.267 e. The minimum atomic E-state index is 1.04. The minimum absolute atomic E-state index is 1.04. The van der Waals surface area contributed by atoms with E-state index in [4.69, 9.17) is 0 Å². The quantitative estimate of drug-likeness (QED) is 0.611. The number of nitrogens with zero attached hydrogens (tertiary/aromatic N) is 1. The Kier molecular flexibility index (Phi) is 14.7. The van der Waals surface area contributed by atoms with E-state index in [0.29, 0.717) is 0 Å². The average molecular weight is 379 g/mol. The molecule has 1 N–H and O–H groups in total. The van der Waals surface area contributed by atoms with Crippen LogP contribution in [-0.2, 0) is 11.5 Å². The van der Waals surface area contributed by atoms with Gasteiger partial charge in [0.05, 0.1) is 0 Å². The van der Waals surface area contributed by atoms with E-state index in [9.17, 15) is 0 Å². The van der Waals surface area contributed by atoms with Crippen molar-refractivity contribution in [1.82, 2.24) is 9.03 Å². The Labute approximate surface area is 164 Å². The Hall–Kier alpha value is -0.940. The number of hydrogen-bond acceptors (Lipinski definition) is 4. The van der Waals surface area contributed by atoms with Crippen molar-refractivity contribution < 1.29 is 0 Å². The molecule has 0 amide bonds. The lowest BCUT2D eigenvalue weighted by atomic mass is 10.2. The van der Waals surface area contributed by atoms with Crippen LogP contribution >= 0.6 is 23.9 Å². The number of hydrogen-bond donors (Lipinski definition) is 1. The van der Waals surface area contributed by atoms with Crippen LogP contribution in [0.5, 0.6) is 0 Å². The van der Waals surface area contributed by atoms with Crippen molar-refractivity contribution in [3.63, 3.8) is 0 Å². The van der Waals surface area contributed by atoms with Gasteiger partial charge in [-0.15, -0.1) is 0 Å². The van der Waals surface area contributed by atoms with Gasteiger partial charge in [0, 0.05) is 11.5 Å². The zero-order chi connectivity index (χ0) is 19.1. The third-order valence-corrected chi connectivity index (χ3v) is 4.78. The summed E-state index contributed by atoms with van der Waals surface area (Å²) in [6.45, 7) is 8.25. The molecule has 0 aliphatic rings. The fraction of sp³-hybridized carbons (Fsp3) is 0.429. The van der Waals surface area contributed by atoms with Crippen LogP contribution in [0.1, 0.15) is 36.1 Å². The summed E-state index contributed by atoms with van der Waals surface area (Å²) in [6, 6.07) is 17.2. The predicted octanol–water partition coefficient (Wildman–Crippen LogP) is 6.09. The normalized spacial score (nSPS) is 9.76. The van der Waals surface area contributed by atoms with Crippen molar-refractivity contribution in [3.8, 4) is 0 Å². The maximum absolute atomic E-state index is 3.05. The largest absolute Gasteiger partial charge is 0.267 e. The lowest BCUT2D eigenvalue weighted by molar-refractivity contribution is 0.702. The van der Waals surface area contributed by atoms with Gasteiger partial charge in [-0.05, 0) is 46.1 Å². The van der Waals surface area contributed by atoms with Crippen LogP contribution in [0.2, 0.25) is 0 Å². The van der Waals surface area contributed by atoms with Crippen LogP contribution in [0, 0.1) is 13.8 Å². The Bertz CT molecular complexity index is 571. The van der Waals surface area contributed by atoms with Gasteiger partial charge in [0.2, 0.25) is 0 Å². The molecule has 140 valence electrons. The summed E-state index contributed by atoms with van der Waals surface area (Å²) in [6.07, 6.45) is 0. The van der Waals surface area contributed by atoms with Crippen LogP contribution in [0.25, 0.3) is 0 Å². The highest BCUT2D eigenvalue weighted by molar-refractivity contribution is 7.96. The monoisotopic (exact) mass is 378 g/mol. The first-order chi connectivity index (χ1) is 12.0. The van der Waals surface area contributed by atoms with Crippen molar-refractivity contribution in [2.24, 2.45) is 0 Å². The van der Waals surface area contributed by atoms with Gasteiger partial charge < -0.3 is 0 Å². The molecule has 4 heteroatoms. The summed E-state index contributed by atoms with van der Waals surface area (Å²) in [7, 11) is 6.08. The fourth-order valence-corrected chi connectivity index (χ4v) is 3.04. The molecule has 0 aliphatic carbocycles. The number of nitrogens with one attached hydrogen (secondary N) is 1. The summed E-state index contributed by atoms with van der Waals surface area (Å²) in [5.74, 6) is 2.10. The highest BCUT2D eigenvalue weighted by Crippen LogP contribution is 2.14. The lowest BCUT2D eigenvalue weighted by Crippen LogP contribution is -1.99. The first-order valence-electron chi connectivity index (χ1n) is 8.71. The Balaban J connectivity index is 0.000000421. The van der Waals surface area contributed by atoms with E-state index in [1.54, 1.807) is 11.9 Å². The molecule has 0 saturated heterocycles. The van der Waals surface area contributed by atoms with Crippen molar-refractivity contribution >= 4 is 23.9 Å². The third kappa shape index (κ3) is 13.0. The van der Waals surface area contributed by atoms with Gasteiger partial charge >= 0.3 is 0 Å². The van der Waals surface area contributed by atoms with Crippen LogP contribution in [-0.4, -0.2) is 25.4 Å². The highest BCUT2D eigenvalue weighted by Gasteiger charge is 1.94. The number of aryl methyl sites for hydroxylation is 2. The molecule has 0 aromatic heterocycles. The molecule has 0 atom stereocenters. The van der Waals surface area contributed by atoms with Crippen LogP contribution < -0.4 is 4.72 Å². The molecule has 0 radical (unpaired) electrons. The van der Waals surface area contributed by atoms with Crippen LogP contribution in [0.4, 0.5) is 0 Å². The molecule has 0 heterocycles. The summed E-state index contributed by atoms with van der Waals surface area (Å²) in [4.78, 5) is 0. The lowest BCUT2D eigenvalue weighted by Gasteiger charge is -2.08. The van der Waals surface area contributed by atoms with Gasteiger partial charge in [-0.2, -0.15) is 0 Å². The van der Waals surface area contributed by atoms with E-state index in [1.165, 1.54) is 22.3 Å². The standard InChI is InChI=1S/C10H15NS.C9H13NS.C2H6/c1-9-5-4-6-10(7-9)8-12-11(2)3;1-8-4-3-5-9(6-8)7-11-10-2;1-2/h4-7H,8H2,1-3H3;3-6,10H,7H2,1-2H3;1-2H3. The summed E-state index contributed by atoms with van der Waals surface area (Å²) in [5, 5.41) is 0. The second-order valence-corrected chi connectivity index (χ2v) is 7.82. The Morgan fingerprint density at radius 1 is 0.840 bits per heavy atom. The molecule has 0 fully saturated rings. The van der Waals surface area contributed by atoms with Crippen molar-refractivity contribution in [3.05, 3.63) is 70.8 Å². The Morgan fingerprint density at radius 2 is 1.32 bits per heavy atom. The molecule has 25 heavy (non-hydrogen) atoms. The smallest absolute Gasteiger partial charge is 0.0332 e. The van der Waals surface area contributed by atoms with Gasteiger partial charge in [0.25, 0.3) is 0 Å². The van der Waals surface area contributed by atoms with Gasteiger partial charge in [-0.1, -0.05) is 97.4 Å². The first-order valence-corrected chi connectivity index (χ1v) is 10.6. The molecule has 0 aliphatic heterocycles. The molecule has 0 unspecified atom stereocenters. The number of benzene rings is 2. The molecular formula is C21H34N2S2. The van der Waals surface area contributed by atoms with E-state index in [0.717, 1.165) is 11.5 Å².